The van der Waals surface area contributed by atoms with Crippen LogP contribution in [0.4, 0.5) is 13.2 Å². The number of benzene rings is 1. The van der Waals surface area contributed by atoms with Crippen LogP contribution in [0.15, 0.2) is 30.5 Å². The molecule has 1 aromatic heterocycles. The molecule has 0 N–H and O–H groups in total. The molecule has 98 valence electrons. The van der Waals surface area contributed by atoms with E-state index >= 15 is 0 Å². The number of halogens is 3. The van der Waals surface area contributed by atoms with Crippen LogP contribution in [-0.2, 0) is 6.54 Å². The first-order valence-electron chi connectivity index (χ1n) is 5.78. The highest BCUT2D eigenvalue weighted by atomic mass is 19.4. The van der Waals surface area contributed by atoms with Gasteiger partial charge < -0.3 is 9.30 Å². The Balaban J connectivity index is 2.36. The lowest BCUT2D eigenvalue weighted by molar-refractivity contribution is -0.139. The van der Waals surface area contributed by atoms with Crippen molar-refractivity contribution in [1.29, 1.82) is 0 Å². The summed E-state index contributed by atoms with van der Waals surface area (Å²) in [6.07, 6.45) is -1.91. The van der Waals surface area contributed by atoms with E-state index in [1.165, 1.54) is 10.8 Å². The van der Waals surface area contributed by atoms with Gasteiger partial charge in [-0.05, 0) is 24.6 Å². The first kappa shape index (κ1) is 12.8. The number of hydrogen-bond acceptors (Lipinski definition) is 1. The van der Waals surface area contributed by atoms with Crippen molar-refractivity contribution in [3.05, 3.63) is 30.5 Å². The molecule has 0 aliphatic heterocycles. The molecule has 2 rings (SSSR count). The molecule has 0 radical (unpaired) electrons. The molecule has 1 heterocycles. The Hall–Kier alpha value is -1.65. The normalized spacial score (nSPS) is 12.0. The predicted octanol–water partition coefficient (Wildman–Crippen LogP) is 3.99. The average molecular weight is 257 g/mol. The summed E-state index contributed by atoms with van der Waals surface area (Å²) in [4.78, 5) is 0. The molecule has 0 aliphatic rings. The van der Waals surface area contributed by atoms with Gasteiger partial charge in [0.15, 0.2) is 0 Å². The van der Waals surface area contributed by atoms with Crippen LogP contribution in [0.25, 0.3) is 10.9 Å². The van der Waals surface area contributed by atoms with Gasteiger partial charge in [0, 0.05) is 11.6 Å². The van der Waals surface area contributed by atoms with E-state index in [1.54, 1.807) is 24.3 Å². The molecule has 0 bridgehead atoms. The van der Waals surface area contributed by atoms with E-state index in [4.69, 9.17) is 4.74 Å². The molecule has 0 saturated carbocycles. The largest absolute Gasteiger partial charge is 0.493 e. The summed E-state index contributed by atoms with van der Waals surface area (Å²) < 4.78 is 43.9. The van der Waals surface area contributed by atoms with Gasteiger partial charge in [-0.25, -0.2) is 0 Å². The minimum atomic E-state index is -4.22. The van der Waals surface area contributed by atoms with Crippen molar-refractivity contribution >= 4 is 10.9 Å². The zero-order valence-electron chi connectivity index (χ0n) is 10.00. The second kappa shape index (κ2) is 4.92. The van der Waals surface area contributed by atoms with Crippen LogP contribution in [0.1, 0.15) is 13.3 Å². The molecule has 0 spiro atoms. The maximum atomic E-state index is 12.4. The topological polar surface area (TPSA) is 14.2 Å². The van der Waals surface area contributed by atoms with Gasteiger partial charge in [-0.15, -0.1) is 0 Å². The molecule has 0 saturated heterocycles. The van der Waals surface area contributed by atoms with Crippen molar-refractivity contribution in [2.45, 2.75) is 26.1 Å². The van der Waals surface area contributed by atoms with E-state index in [0.29, 0.717) is 17.9 Å². The molecule has 5 heteroatoms. The Morgan fingerprint density at radius 3 is 2.67 bits per heavy atom. The van der Waals surface area contributed by atoms with E-state index in [1.807, 2.05) is 6.92 Å². The van der Waals surface area contributed by atoms with Crippen molar-refractivity contribution in [3.63, 3.8) is 0 Å². The lowest BCUT2D eigenvalue weighted by Crippen LogP contribution is -2.16. The molecular formula is C13H14F3NO. The smallest absolute Gasteiger partial charge is 0.406 e. The Kier molecular flexibility index (Phi) is 3.50. The monoisotopic (exact) mass is 257 g/mol. The summed E-state index contributed by atoms with van der Waals surface area (Å²) in [5.41, 5.74) is 0.543. The highest BCUT2D eigenvalue weighted by Gasteiger charge is 2.28. The fourth-order valence-electron chi connectivity index (χ4n) is 1.86. The van der Waals surface area contributed by atoms with Crippen LogP contribution < -0.4 is 4.74 Å². The van der Waals surface area contributed by atoms with Gasteiger partial charge in [0.1, 0.15) is 12.3 Å². The molecule has 0 atom stereocenters. The van der Waals surface area contributed by atoms with Crippen LogP contribution in [0.2, 0.25) is 0 Å². The summed E-state index contributed by atoms with van der Waals surface area (Å²) in [5.74, 6) is 0.635. The van der Waals surface area contributed by atoms with Gasteiger partial charge in [-0.3, -0.25) is 0 Å². The number of ether oxygens (including phenoxy) is 1. The highest BCUT2D eigenvalue weighted by molar-refractivity contribution is 5.86. The van der Waals surface area contributed by atoms with Crippen molar-refractivity contribution in [3.8, 4) is 5.75 Å². The van der Waals surface area contributed by atoms with Crippen LogP contribution >= 0.6 is 0 Å². The van der Waals surface area contributed by atoms with E-state index in [9.17, 15) is 13.2 Å². The molecule has 18 heavy (non-hydrogen) atoms. The molecule has 2 aromatic rings. The Bertz CT molecular complexity index is 531. The third-order valence-corrected chi connectivity index (χ3v) is 2.58. The molecule has 0 fully saturated rings. The fraction of sp³-hybridized carbons (Fsp3) is 0.385. The molecule has 0 unspecified atom stereocenters. The lowest BCUT2D eigenvalue weighted by Gasteiger charge is -2.10. The number of fused-ring (bicyclic) bond motifs is 1. The van der Waals surface area contributed by atoms with Crippen molar-refractivity contribution < 1.29 is 17.9 Å². The number of rotatable bonds is 4. The van der Waals surface area contributed by atoms with Crippen LogP contribution in [0.5, 0.6) is 5.75 Å². The van der Waals surface area contributed by atoms with Crippen molar-refractivity contribution in [2.24, 2.45) is 0 Å². The second-order valence-corrected chi connectivity index (χ2v) is 4.10. The maximum Gasteiger partial charge on any atom is 0.406 e. The van der Waals surface area contributed by atoms with Crippen LogP contribution in [0, 0.1) is 0 Å². The first-order valence-corrected chi connectivity index (χ1v) is 5.78. The molecular weight excluding hydrogens is 243 g/mol. The molecule has 0 amide bonds. The maximum absolute atomic E-state index is 12.4. The number of nitrogens with zero attached hydrogens (tertiary/aromatic N) is 1. The molecule has 2 nitrogen and oxygen atoms in total. The zero-order chi connectivity index (χ0) is 13.2. The second-order valence-electron chi connectivity index (χ2n) is 4.10. The number of hydrogen-bond donors (Lipinski definition) is 0. The summed E-state index contributed by atoms with van der Waals surface area (Å²) in [5, 5.41) is 0.718. The minimum absolute atomic E-state index is 0.543. The van der Waals surface area contributed by atoms with E-state index < -0.39 is 12.7 Å². The average Bonchev–Trinajstić information content (AvgIpc) is 2.68. The van der Waals surface area contributed by atoms with Gasteiger partial charge in [-0.2, -0.15) is 13.2 Å². The Morgan fingerprint density at radius 2 is 2.00 bits per heavy atom. The Morgan fingerprint density at radius 1 is 1.22 bits per heavy atom. The van der Waals surface area contributed by atoms with Crippen LogP contribution in [-0.4, -0.2) is 17.4 Å². The van der Waals surface area contributed by atoms with Gasteiger partial charge in [-0.1, -0.05) is 13.0 Å². The van der Waals surface area contributed by atoms with Gasteiger partial charge >= 0.3 is 6.18 Å². The fourth-order valence-corrected chi connectivity index (χ4v) is 1.86. The van der Waals surface area contributed by atoms with E-state index in [2.05, 4.69) is 0 Å². The quantitative estimate of drug-likeness (QED) is 0.807. The van der Waals surface area contributed by atoms with Gasteiger partial charge in [0.25, 0.3) is 0 Å². The predicted molar refractivity (Wildman–Crippen MR) is 63.8 cm³/mol. The van der Waals surface area contributed by atoms with Crippen molar-refractivity contribution in [1.82, 2.24) is 4.57 Å². The first-order chi connectivity index (χ1) is 8.51. The standard InChI is InChI=1S/C13H14F3NO/c1-2-8-18-12-5-3-4-11-10(12)6-7-17(11)9-13(14,15)16/h3-7H,2,8-9H2,1H3. The molecule has 0 aliphatic carbocycles. The third kappa shape index (κ3) is 2.78. The Labute approximate surface area is 103 Å². The van der Waals surface area contributed by atoms with Crippen LogP contribution in [0.3, 0.4) is 0 Å². The van der Waals surface area contributed by atoms with Gasteiger partial charge in [0.05, 0.1) is 12.1 Å². The minimum Gasteiger partial charge on any atom is -0.493 e. The van der Waals surface area contributed by atoms with E-state index in [0.717, 1.165) is 11.8 Å². The third-order valence-electron chi connectivity index (χ3n) is 2.58. The van der Waals surface area contributed by atoms with E-state index in [-0.39, 0.29) is 0 Å². The number of aromatic nitrogens is 1. The molecule has 1 aromatic carbocycles. The number of alkyl halides is 3. The highest BCUT2D eigenvalue weighted by Crippen LogP contribution is 2.29. The summed E-state index contributed by atoms with van der Waals surface area (Å²) in [7, 11) is 0. The summed E-state index contributed by atoms with van der Waals surface area (Å²) >= 11 is 0. The van der Waals surface area contributed by atoms with Gasteiger partial charge in [0.2, 0.25) is 0 Å². The van der Waals surface area contributed by atoms with Crippen molar-refractivity contribution in [2.75, 3.05) is 6.61 Å². The zero-order valence-corrected chi connectivity index (χ0v) is 10.00. The summed E-state index contributed by atoms with van der Waals surface area (Å²) in [6, 6.07) is 6.81. The summed E-state index contributed by atoms with van der Waals surface area (Å²) in [6.45, 7) is 1.56. The lowest BCUT2D eigenvalue weighted by atomic mass is 10.2. The SMILES string of the molecule is CCCOc1cccc2c1ccn2CC(F)(F)F.